The summed E-state index contributed by atoms with van der Waals surface area (Å²) < 4.78 is 5.23. The van der Waals surface area contributed by atoms with Crippen molar-refractivity contribution in [3.63, 3.8) is 0 Å². The number of carbonyl (C=O) groups is 1. The van der Waals surface area contributed by atoms with E-state index in [0.717, 1.165) is 32.1 Å². The van der Waals surface area contributed by atoms with Crippen LogP contribution in [0, 0.1) is 0 Å². The van der Waals surface area contributed by atoms with Gasteiger partial charge < -0.3 is 21.1 Å². The van der Waals surface area contributed by atoms with Gasteiger partial charge in [-0.05, 0) is 19.3 Å². The Morgan fingerprint density at radius 3 is 2.61 bits per heavy atom. The highest BCUT2D eigenvalue weighted by Gasteiger charge is 2.36. The van der Waals surface area contributed by atoms with E-state index in [1.807, 2.05) is 0 Å². The van der Waals surface area contributed by atoms with Gasteiger partial charge in [0, 0.05) is 6.61 Å². The average molecular weight is 271 g/mol. The molecule has 0 spiro atoms. The monoisotopic (exact) mass is 271 g/mol. The molecule has 1 saturated heterocycles. The Balaban J connectivity index is 1.91. The third-order valence-electron chi connectivity index (χ3n) is 3.80. The van der Waals surface area contributed by atoms with Gasteiger partial charge in [0.2, 0.25) is 0 Å². The highest BCUT2D eigenvalue weighted by atomic mass is 32.1. The summed E-state index contributed by atoms with van der Waals surface area (Å²) in [5.74, 6) is 0. The summed E-state index contributed by atoms with van der Waals surface area (Å²) in [4.78, 5) is 12.4. The Bertz CT molecular complexity index is 323. The molecule has 6 heteroatoms. The standard InChI is InChI=1S/C12H21N3O2S/c13-10(18)12(5-2-1-3-6-12)15-11(16)14-9-4-7-17-8-9/h9H,1-8H2,(H2,13,18)(H2,14,15,16). The van der Waals surface area contributed by atoms with Crippen LogP contribution in [0.25, 0.3) is 0 Å². The van der Waals surface area contributed by atoms with Crippen molar-refractivity contribution < 1.29 is 9.53 Å². The number of hydrogen-bond acceptors (Lipinski definition) is 3. The molecule has 2 fully saturated rings. The number of urea groups is 1. The van der Waals surface area contributed by atoms with E-state index < -0.39 is 5.54 Å². The Morgan fingerprint density at radius 2 is 2.06 bits per heavy atom. The van der Waals surface area contributed by atoms with Crippen LogP contribution in [0.15, 0.2) is 0 Å². The summed E-state index contributed by atoms with van der Waals surface area (Å²) in [5, 5.41) is 5.90. The fourth-order valence-electron chi connectivity index (χ4n) is 2.68. The van der Waals surface area contributed by atoms with Crippen molar-refractivity contribution in [2.75, 3.05) is 13.2 Å². The number of nitrogens with two attached hydrogens (primary N) is 1. The summed E-state index contributed by atoms with van der Waals surface area (Å²) in [5.41, 5.74) is 5.33. The van der Waals surface area contributed by atoms with Gasteiger partial charge in [0.05, 0.1) is 23.2 Å². The molecule has 1 aliphatic heterocycles. The number of carbonyl (C=O) groups excluding carboxylic acids is 1. The topological polar surface area (TPSA) is 76.4 Å². The van der Waals surface area contributed by atoms with Gasteiger partial charge in [-0.1, -0.05) is 31.5 Å². The van der Waals surface area contributed by atoms with Crippen LogP contribution in [0.2, 0.25) is 0 Å². The van der Waals surface area contributed by atoms with Crippen molar-refractivity contribution >= 4 is 23.2 Å². The van der Waals surface area contributed by atoms with E-state index in [-0.39, 0.29) is 12.1 Å². The smallest absolute Gasteiger partial charge is 0.315 e. The highest BCUT2D eigenvalue weighted by Crippen LogP contribution is 2.28. The third kappa shape index (κ3) is 3.11. The summed E-state index contributed by atoms with van der Waals surface area (Å²) in [6.45, 7) is 1.30. The van der Waals surface area contributed by atoms with Crippen LogP contribution < -0.4 is 16.4 Å². The summed E-state index contributed by atoms with van der Waals surface area (Å²) in [7, 11) is 0. The fraction of sp³-hybridized carbons (Fsp3) is 0.833. The Morgan fingerprint density at radius 1 is 1.33 bits per heavy atom. The lowest BCUT2D eigenvalue weighted by Gasteiger charge is -2.37. The molecular weight excluding hydrogens is 250 g/mol. The predicted molar refractivity (Wildman–Crippen MR) is 73.5 cm³/mol. The number of rotatable bonds is 3. The second-order valence-corrected chi connectivity index (χ2v) is 5.61. The molecule has 18 heavy (non-hydrogen) atoms. The van der Waals surface area contributed by atoms with Crippen molar-refractivity contribution in [2.45, 2.75) is 50.1 Å². The van der Waals surface area contributed by atoms with Gasteiger partial charge in [-0.3, -0.25) is 0 Å². The first-order chi connectivity index (χ1) is 8.62. The maximum Gasteiger partial charge on any atom is 0.315 e. The number of nitrogens with one attached hydrogen (secondary N) is 2. The van der Waals surface area contributed by atoms with Crippen LogP contribution in [0.5, 0.6) is 0 Å². The first-order valence-electron chi connectivity index (χ1n) is 6.59. The van der Waals surface area contributed by atoms with Crippen molar-refractivity contribution in [2.24, 2.45) is 5.73 Å². The van der Waals surface area contributed by atoms with E-state index in [4.69, 9.17) is 22.7 Å². The molecule has 1 atom stereocenters. The van der Waals surface area contributed by atoms with Gasteiger partial charge in [0.15, 0.2) is 0 Å². The molecule has 1 saturated carbocycles. The molecule has 5 nitrogen and oxygen atoms in total. The van der Waals surface area contributed by atoms with Crippen molar-refractivity contribution in [3.05, 3.63) is 0 Å². The van der Waals surface area contributed by atoms with E-state index in [1.54, 1.807) is 0 Å². The number of amides is 2. The van der Waals surface area contributed by atoms with Crippen LogP contribution in [-0.4, -0.2) is 35.8 Å². The molecule has 1 aliphatic carbocycles. The molecule has 102 valence electrons. The van der Waals surface area contributed by atoms with E-state index in [9.17, 15) is 4.79 Å². The molecule has 0 aromatic rings. The maximum atomic E-state index is 12.0. The minimum atomic E-state index is -0.489. The van der Waals surface area contributed by atoms with E-state index in [0.29, 0.717) is 18.2 Å². The molecule has 1 heterocycles. The normalized spacial score (nSPS) is 26.6. The molecule has 0 aromatic heterocycles. The SMILES string of the molecule is NC(=S)C1(NC(=O)NC2CCOC2)CCCCC1. The van der Waals surface area contributed by atoms with Crippen LogP contribution in [0.4, 0.5) is 4.79 Å². The lowest BCUT2D eigenvalue weighted by Crippen LogP contribution is -2.60. The second kappa shape index (κ2) is 5.84. The van der Waals surface area contributed by atoms with Crippen LogP contribution in [0.1, 0.15) is 38.5 Å². The molecule has 2 aliphatic rings. The Hall–Kier alpha value is -0.880. The quantitative estimate of drug-likeness (QED) is 0.671. The zero-order valence-electron chi connectivity index (χ0n) is 10.5. The van der Waals surface area contributed by atoms with E-state index in [2.05, 4.69) is 10.6 Å². The van der Waals surface area contributed by atoms with E-state index >= 15 is 0 Å². The van der Waals surface area contributed by atoms with Crippen LogP contribution in [0.3, 0.4) is 0 Å². The van der Waals surface area contributed by atoms with Gasteiger partial charge in [-0.2, -0.15) is 0 Å². The van der Waals surface area contributed by atoms with Gasteiger partial charge >= 0.3 is 6.03 Å². The third-order valence-corrected chi connectivity index (χ3v) is 4.19. The largest absolute Gasteiger partial charge is 0.391 e. The highest BCUT2D eigenvalue weighted by molar-refractivity contribution is 7.80. The molecule has 1 unspecified atom stereocenters. The van der Waals surface area contributed by atoms with Gasteiger partial charge in [-0.15, -0.1) is 0 Å². The summed E-state index contributed by atoms with van der Waals surface area (Å²) in [6, 6.07) is -0.0720. The van der Waals surface area contributed by atoms with Crippen LogP contribution >= 0.6 is 12.2 Å². The lowest BCUT2D eigenvalue weighted by molar-refractivity contribution is 0.186. The molecule has 0 bridgehead atoms. The minimum absolute atomic E-state index is 0.108. The summed E-state index contributed by atoms with van der Waals surface area (Å²) >= 11 is 5.14. The molecule has 4 N–H and O–H groups in total. The molecule has 2 amide bonds. The van der Waals surface area contributed by atoms with Crippen LogP contribution in [-0.2, 0) is 4.74 Å². The average Bonchev–Trinajstić information content (AvgIpc) is 2.82. The van der Waals surface area contributed by atoms with Crippen molar-refractivity contribution in [3.8, 4) is 0 Å². The summed E-state index contributed by atoms with van der Waals surface area (Å²) in [6.07, 6.45) is 5.86. The second-order valence-electron chi connectivity index (χ2n) is 5.17. The number of hydrogen-bond donors (Lipinski definition) is 3. The minimum Gasteiger partial charge on any atom is -0.391 e. The van der Waals surface area contributed by atoms with Gasteiger partial charge in [-0.25, -0.2) is 4.79 Å². The molecular formula is C12H21N3O2S. The van der Waals surface area contributed by atoms with Gasteiger partial charge in [0.25, 0.3) is 0 Å². The van der Waals surface area contributed by atoms with Crippen molar-refractivity contribution in [1.82, 2.24) is 10.6 Å². The fourth-order valence-corrected chi connectivity index (χ4v) is 2.93. The van der Waals surface area contributed by atoms with E-state index in [1.165, 1.54) is 6.42 Å². The molecule has 0 aromatic carbocycles. The Labute approximate surface area is 113 Å². The predicted octanol–water partition coefficient (Wildman–Crippen LogP) is 1.06. The first kappa shape index (κ1) is 13.5. The van der Waals surface area contributed by atoms with Gasteiger partial charge in [0.1, 0.15) is 0 Å². The zero-order chi connectivity index (χ0) is 13.0. The first-order valence-corrected chi connectivity index (χ1v) is 6.99. The van der Waals surface area contributed by atoms with Crippen molar-refractivity contribution in [1.29, 1.82) is 0 Å². The molecule has 0 radical (unpaired) electrons. The maximum absolute atomic E-state index is 12.0. The Kier molecular flexibility index (Phi) is 4.40. The lowest BCUT2D eigenvalue weighted by atomic mass is 9.81. The zero-order valence-corrected chi connectivity index (χ0v) is 11.4. The number of ether oxygens (including phenoxy) is 1. The molecule has 2 rings (SSSR count). The number of thiocarbonyl (C=S) groups is 1.